The molecule has 2 aliphatic heterocycles. The summed E-state index contributed by atoms with van der Waals surface area (Å²) < 4.78 is 5.18. The zero-order chi connectivity index (χ0) is 11.4. The first-order valence-corrected chi connectivity index (χ1v) is 6.32. The lowest BCUT2D eigenvalue weighted by molar-refractivity contribution is -0.135. The monoisotopic (exact) mass is 226 g/mol. The molecule has 0 aliphatic carbocycles. The minimum atomic E-state index is 0.0845. The number of hydrogen-bond donors (Lipinski definition) is 1. The summed E-state index contributed by atoms with van der Waals surface area (Å²) in [5.41, 5.74) is 0. The van der Waals surface area contributed by atoms with Crippen molar-refractivity contribution < 1.29 is 9.53 Å². The molecule has 0 bridgehead atoms. The molecule has 2 fully saturated rings. The highest BCUT2D eigenvalue weighted by Gasteiger charge is 2.30. The number of methoxy groups -OCH3 is 1. The van der Waals surface area contributed by atoms with Crippen molar-refractivity contribution in [3.63, 3.8) is 0 Å². The molecule has 2 aliphatic rings. The average Bonchev–Trinajstić information content (AvgIpc) is 2.82. The van der Waals surface area contributed by atoms with Crippen LogP contribution >= 0.6 is 0 Å². The summed E-state index contributed by atoms with van der Waals surface area (Å²) in [5, 5.41) is 3.28. The van der Waals surface area contributed by atoms with Crippen LogP contribution < -0.4 is 5.32 Å². The van der Waals surface area contributed by atoms with Gasteiger partial charge in [0.1, 0.15) is 0 Å². The highest BCUT2D eigenvalue weighted by atomic mass is 16.5. The van der Waals surface area contributed by atoms with Gasteiger partial charge in [-0.3, -0.25) is 4.79 Å². The van der Waals surface area contributed by atoms with Crippen molar-refractivity contribution in [3.8, 4) is 0 Å². The summed E-state index contributed by atoms with van der Waals surface area (Å²) in [6.07, 6.45) is 4.44. The maximum absolute atomic E-state index is 12.2. The number of ether oxygens (including phenoxy) is 1. The Morgan fingerprint density at radius 2 is 2.31 bits per heavy atom. The molecule has 2 atom stereocenters. The number of carbonyl (C=O) groups excluding carboxylic acids is 1. The number of carbonyl (C=O) groups is 1. The van der Waals surface area contributed by atoms with E-state index in [1.54, 1.807) is 7.11 Å². The Balaban J connectivity index is 1.85. The van der Waals surface area contributed by atoms with Gasteiger partial charge in [0.05, 0.1) is 12.6 Å². The fraction of sp³-hybridized carbons (Fsp3) is 0.917. The lowest BCUT2D eigenvalue weighted by Crippen LogP contribution is -2.48. The van der Waals surface area contributed by atoms with Gasteiger partial charge in [0.15, 0.2) is 0 Å². The van der Waals surface area contributed by atoms with E-state index < -0.39 is 0 Å². The predicted molar refractivity (Wildman–Crippen MR) is 62.2 cm³/mol. The molecule has 1 amide bonds. The number of nitrogens with one attached hydrogen (secondary N) is 1. The van der Waals surface area contributed by atoms with Gasteiger partial charge in [-0.25, -0.2) is 0 Å². The van der Waals surface area contributed by atoms with Crippen LogP contribution in [0.1, 0.15) is 25.7 Å². The molecule has 2 heterocycles. The molecule has 16 heavy (non-hydrogen) atoms. The minimum Gasteiger partial charge on any atom is -0.384 e. The molecule has 0 unspecified atom stereocenters. The van der Waals surface area contributed by atoms with Gasteiger partial charge in [-0.05, 0) is 38.1 Å². The second kappa shape index (κ2) is 5.64. The van der Waals surface area contributed by atoms with E-state index in [0.717, 1.165) is 45.5 Å². The van der Waals surface area contributed by atoms with E-state index in [-0.39, 0.29) is 6.04 Å². The van der Waals surface area contributed by atoms with Gasteiger partial charge in [0, 0.05) is 20.2 Å². The number of hydrogen-bond acceptors (Lipinski definition) is 3. The van der Waals surface area contributed by atoms with Crippen LogP contribution in [0.15, 0.2) is 0 Å². The topological polar surface area (TPSA) is 41.6 Å². The van der Waals surface area contributed by atoms with Crippen molar-refractivity contribution >= 4 is 5.91 Å². The number of rotatable bonds is 3. The van der Waals surface area contributed by atoms with Crippen LogP contribution in [0.4, 0.5) is 0 Å². The lowest BCUT2D eigenvalue weighted by atomic mass is 9.98. The van der Waals surface area contributed by atoms with E-state index in [0.29, 0.717) is 11.8 Å². The summed E-state index contributed by atoms with van der Waals surface area (Å²) >= 11 is 0. The Kier molecular flexibility index (Phi) is 4.18. The van der Waals surface area contributed by atoms with Crippen molar-refractivity contribution in [2.75, 3.05) is 33.4 Å². The molecule has 0 saturated carbocycles. The Labute approximate surface area is 97.3 Å². The third-order valence-electron chi connectivity index (χ3n) is 3.59. The van der Waals surface area contributed by atoms with Crippen LogP contribution in [-0.4, -0.2) is 50.2 Å². The van der Waals surface area contributed by atoms with Gasteiger partial charge in [-0.1, -0.05) is 0 Å². The quantitative estimate of drug-likeness (QED) is 0.767. The molecule has 0 aromatic carbocycles. The molecule has 0 aromatic heterocycles. The van der Waals surface area contributed by atoms with Gasteiger partial charge in [0.25, 0.3) is 0 Å². The second-order valence-electron chi connectivity index (χ2n) is 4.90. The summed E-state index contributed by atoms with van der Waals surface area (Å²) in [6.45, 7) is 3.58. The summed E-state index contributed by atoms with van der Waals surface area (Å²) in [6, 6.07) is 0.0845. The van der Waals surface area contributed by atoms with E-state index in [9.17, 15) is 4.79 Å². The van der Waals surface area contributed by atoms with Gasteiger partial charge in [-0.15, -0.1) is 0 Å². The minimum absolute atomic E-state index is 0.0845. The van der Waals surface area contributed by atoms with Crippen molar-refractivity contribution in [2.45, 2.75) is 31.7 Å². The third-order valence-corrected chi connectivity index (χ3v) is 3.59. The van der Waals surface area contributed by atoms with E-state index in [2.05, 4.69) is 5.32 Å². The smallest absolute Gasteiger partial charge is 0.239 e. The number of amides is 1. The van der Waals surface area contributed by atoms with Gasteiger partial charge in [0.2, 0.25) is 5.91 Å². The first-order valence-electron chi connectivity index (χ1n) is 6.32. The first kappa shape index (κ1) is 11.9. The summed E-state index contributed by atoms with van der Waals surface area (Å²) in [5.74, 6) is 0.836. The average molecular weight is 226 g/mol. The van der Waals surface area contributed by atoms with Crippen molar-refractivity contribution in [2.24, 2.45) is 5.92 Å². The molecule has 0 spiro atoms. The fourth-order valence-corrected chi connectivity index (χ4v) is 2.75. The van der Waals surface area contributed by atoms with Crippen molar-refractivity contribution in [1.29, 1.82) is 0 Å². The van der Waals surface area contributed by atoms with E-state index in [1.807, 2.05) is 4.90 Å². The number of piperidine rings is 1. The summed E-state index contributed by atoms with van der Waals surface area (Å²) in [4.78, 5) is 14.2. The zero-order valence-electron chi connectivity index (χ0n) is 10.1. The normalized spacial score (nSPS) is 30.7. The Morgan fingerprint density at radius 3 is 3.00 bits per heavy atom. The molecule has 4 nitrogen and oxygen atoms in total. The molecule has 1 N–H and O–H groups in total. The third kappa shape index (κ3) is 2.74. The van der Waals surface area contributed by atoms with Crippen LogP contribution in [0, 0.1) is 5.92 Å². The summed E-state index contributed by atoms with van der Waals surface area (Å²) in [7, 11) is 1.74. The molecule has 4 heteroatoms. The largest absolute Gasteiger partial charge is 0.384 e. The van der Waals surface area contributed by atoms with Crippen molar-refractivity contribution in [3.05, 3.63) is 0 Å². The standard InChI is InChI=1S/C12H22N2O2/c1-16-9-10-4-3-7-14(8-10)12(15)11-5-2-6-13-11/h10-11,13H,2-9H2,1H3/t10-,11-/m0/s1. The molecular formula is C12H22N2O2. The zero-order valence-corrected chi connectivity index (χ0v) is 10.1. The predicted octanol–water partition coefficient (Wildman–Crippen LogP) is 0.623. The molecule has 2 rings (SSSR count). The maximum atomic E-state index is 12.2. The van der Waals surface area contributed by atoms with Gasteiger partial charge >= 0.3 is 0 Å². The molecule has 0 aromatic rings. The van der Waals surface area contributed by atoms with Crippen molar-refractivity contribution in [1.82, 2.24) is 10.2 Å². The molecular weight excluding hydrogens is 204 g/mol. The van der Waals surface area contributed by atoms with Crippen LogP contribution in [0.5, 0.6) is 0 Å². The molecule has 0 radical (unpaired) electrons. The lowest BCUT2D eigenvalue weighted by Gasteiger charge is -2.34. The second-order valence-corrected chi connectivity index (χ2v) is 4.90. The maximum Gasteiger partial charge on any atom is 0.239 e. The van der Waals surface area contributed by atoms with E-state index in [4.69, 9.17) is 4.74 Å². The number of nitrogens with zero attached hydrogens (tertiary/aromatic N) is 1. The van der Waals surface area contributed by atoms with Crippen LogP contribution in [0.2, 0.25) is 0 Å². The van der Waals surface area contributed by atoms with Crippen LogP contribution in [0.25, 0.3) is 0 Å². The Bertz CT molecular complexity index is 237. The SMILES string of the molecule is COC[C@H]1CCCN(C(=O)[C@@H]2CCCN2)C1. The highest BCUT2D eigenvalue weighted by Crippen LogP contribution is 2.19. The molecule has 2 saturated heterocycles. The van der Waals surface area contributed by atoms with E-state index in [1.165, 1.54) is 6.42 Å². The molecule has 92 valence electrons. The Morgan fingerprint density at radius 1 is 1.44 bits per heavy atom. The highest BCUT2D eigenvalue weighted by molar-refractivity contribution is 5.82. The first-order chi connectivity index (χ1) is 7.81. The van der Waals surface area contributed by atoms with Gasteiger partial charge < -0.3 is 15.0 Å². The van der Waals surface area contributed by atoms with Crippen LogP contribution in [0.3, 0.4) is 0 Å². The van der Waals surface area contributed by atoms with Crippen LogP contribution in [-0.2, 0) is 9.53 Å². The fourth-order valence-electron chi connectivity index (χ4n) is 2.75. The Hall–Kier alpha value is -0.610. The number of likely N-dealkylation sites (tertiary alicyclic amines) is 1. The van der Waals surface area contributed by atoms with Gasteiger partial charge in [-0.2, -0.15) is 0 Å². The van der Waals surface area contributed by atoms with E-state index >= 15 is 0 Å².